The molecule has 1 fully saturated rings. The zero-order valence-corrected chi connectivity index (χ0v) is 21.7. The van der Waals surface area contributed by atoms with Crippen LogP contribution in [0.3, 0.4) is 0 Å². The monoisotopic (exact) mass is 496 g/mol. The first kappa shape index (κ1) is 27.1. The molecule has 1 heterocycles. The van der Waals surface area contributed by atoms with E-state index >= 15 is 0 Å². The van der Waals surface area contributed by atoms with Gasteiger partial charge in [0.1, 0.15) is 11.5 Å². The summed E-state index contributed by atoms with van der Waals surface area (Å²) in [4.78, 5) is 29.7. The van der Waals surface area contributed by atoms with Gasteiger partial charge in [-0.3, -0.25) is 9.59 Å². The molecule has 8 heteroatoms. The number of aryl methyl sites for hydroxylation is 1. The summed E-state index contributed by atoms with van der Waals surface area (Å²) >= 11 is 0. The number of aromatic hydroxyl groups is 1. The van der Waals surface area contributed by atoms with Crippen molar-refractivity contribution in [3.8, 4) is 17.2 Å². The fourth-order valence-electron chi connectivity index (χ4n) is 4.18. The van der Waals surface area contributed by atoms with Crippen molar-refractivity contribution in [2.45, 2.75) is 39.7 Å². The van der Waals surface area contributed by atoms with Crippen molar-refractivity contribution >= 4 is 17.4 Å². The second-order valence-corrected chi connectivity index (χ2v) is 9.14. The number of aliphatic hydroxyl groups is 1. The predicted molar refractivity (Wildman–Crippen MR) is 138 cm³/mol. The number of phenolic OH excluding ortho intramolecular Hbond substituents is 1. The van der Waals surface area contributed by atoms with Gasteiger partial charge in [-0.2, -0.15) is 0 Å². The Hall–Kier alpha value is -3.52. The average Bonchev–Trinajstić information content (AvgIpc) is 3.09. The molecule has 0 aliphatic carbocycles. The van der Waals surface area contributed by atoms with E-state index in [0.29, 0.717) is 36.6 Å². The number of likely N-dealkylation sites (N-methyl/N-ethyl adjacent to an activating group) is 1. The van der Waals surface area contributed by atoms with Crippen LogP contribution in [0.15, 0.2) is 42.0 Å². The van der Waals surface area contributed by atoms with Gasteiger partial charge in [0.05, 0.1) is 24.8 Å². The van der Waals surface area contributed by atoms with Crippen LogP contribution >= 0.6 is 0 Å². The number of nitrogens with zero attached hydrogens (tertiary/aromatic N) is 2. The molecule has 0 bridgehead atoms. The van der Waals surface area contributed by atoms with Crippen LogP contribution in [0.5, 0.6) is 17.2 Å². The summed E-state index contributed by atoms with van der Waals surface area (Å²) in [6.45, 7) is 7.52. The molecule has 0 saturated carbocycles. The lowest BCUT2D eigenvalue weighted by Gasteiger charge is -2.27. The number of phenols is 1. The quantitative estimate of drug-likeness (QED) is 0.208. The minimum Gasteiger partial charge on any atom is -0.507 e. The predicted octanol–water partition coefficient (Wildman–Crippen LogP) is 4.26. The molecule has 0 radical (unpaired) electrons. The molecule has 2 N–H and O–H groups in total. The van der Waals surface area contributed by atoms with Gasteiger partial charge in [0.15, 0.2) is 11.5 Å². The van der Waals surface area contributed by atoms with E-state index in [1.807, 2.05) is 25.9 Å². The fraction of sp³-hybridized carbons (Fsp3) is 0.429. The normalized spacial score (nSPS) is 17.2. The van der Waals surface area contributed by atoms with Crippen LogP contribution in [0.1, 0.15) is 49.4 Å². The second-order valence-electron chi connectivity index (χ2n) is 9.14. The maximum absolute atomic E-state index is 13.2. The molecule has 36 heavy (non-hydrogen) atoms. The molecule has 3 rings (SSSR count). The highest BCUT2D eigenvalue weighted by Crippen LogP contribution is 2.42. The number of benzene rings is 2. The molecule has 1 saturated heterocycles. The largest absolute Gasteiger partial charge is 0.507 e. The van der Waals surface area contributed by atoms with E-state index in [2.05, 4.69) is 6.92 Å². The number of Topliss-reactive ketones (excluding diaryl/α,β-unsaturated/α-hetero) is 1. The third-order valence-electron chi connectivity index (χ3n) is 6.13. The summed E-state index contributed by atoms with van der Waals surface area (Å²) in [5, 5.41) is 21.5. The van der Waals surface area contributed by atoms with Gasteiger partial charge in [0.2, 0.25) is 0 Å². The van der Waals surface area contributed by atoms with Gasteiger partial charge in [-0.1, -0.05) is 19.4 Å². The SMILES string of the molecule is CCCCOc1ccc(/C(O)=C2\C(=O)C(=O)N(CCN(C)C)[C@H]2c2ccc(O)c(OCC)c2)cc1C. The highest BCUT2D eigenvalue weighted by atomic mass is 16.5. The lowest BCUT2D eigenvalue weighted by Crippen LogP contribution is -2.35. The van der Waals surface area contributed by atoms with E-state index in [0.717, 1.165) is 18.4 Å². The lowest BCUT2D eigenvalue weighted by atomic mass is 9.94. The molecule has 1 amide bonds. The Morgan fingerprint density at radius 1 is 1.06 bits per heavy atom. The summed E-state index contributed by atoms with van der Waals surface area (Å²) in [6, 6.07) is 9.11. The third-order valence-corrected chi connectivity index (χ3v) is 6.13. The van der Waals surface area contributed by atoms with Crippen LogP contribution in [0.4, 0.5) is 0 Å². The molecule has 0 unspecified atom stereocenters. The first-order chi connectivity index (χ1) is 17.2. The molecule has 1 aliphatic rings. The van der Waals surface area contributed by atoms with Crippen LogP contribution in [0.2, 0.25) is 0 Å². The Morgan fingerprint density at radius 3 is 2.44 bits per heavy atom. The Balaban J connectivity index is 2.10. The number of ketones is 1. The summed E-state index contributed by atoms with van der Waals surface area (Å²) in [5.74, 6) is -0.755. The summed E-state index contributed by atoms with van der Waals surface area (Å²) < 4.78 is 11.4. The number of aliphatic hydroxyl groups excluding tert-OH is 1. The number of amides is 1. The van der Waals surface area contributed by atoms with Crippen molar-refractivity contribution in [2.24, 2.45) is 0 Å². The van der Waals surface area contributed by atoms with Crippen molar-refractivity contribution in [2.75, 3.05) is 40.4 Å². The Kier molecular flexibility index (Phi) is 8.98. The Labute approximate surface area is 212 Å². The number of rotatable bonds is 11. The van der Waals surface area contributed by atoms with Crippen LogP contribution in [0.25, 0.3) is 5.76 Å². The first-order valence-corrected chi connectivity index (χ1v) is 12.3. The number of unbranched alkanes of at least 4 members (excludes halogenated alkanes) is 1. The van der Waals surface area contributed by atoms with E-state index in [4.69, 9.17) is 9.47 Å². The minimum absolute atomic E-state index is 0.00551. The van der Waals surface area contributed by atoms with Gasteiger partial charge in [-0.05, 0) is 75.8 Å². The molecule has 2 aromatic carbocycles. The summed E-state index contributed by atoms with van der Waals surface area (Å²) in [5.41, 5.74) is 1.81. The van der Waals surface area contributed by atoms with Gasteiger partial charge in [0.25, 0.3) is 11.7 Å². The summed E-state index contributed by atoms with van der Waals surface area (Å²) in [6.07, 6.45) is 1.96. The molecule has 0 spiro atoms. The molecule has 0 aromatic heterocycles. The van der Waals surface area contributed by atoms with Crippen molar-refractivity contribution in [1.29, 1.82) is 0 Å². The number of ether oxygens (including phenoxy) is 2. The van der Waals surface area contributed by atoms with Gasteiger partial charge >= 0.3 is 0 Å². The van der Waals surface area contributed by atoms with Crippen LogP contribution in [0, 0.1) is 6.92 Å². The van der Waals surface area contributed by atoms with E-state index in [9.17, 15) is 19.8 Å². The zero-order chi connectivity index (χ0) is 26.4. The molecular weight excluding hydrogens is 460 g/mol. The maximum Gasteiger partial charge on any atom is 0.295 e. The van der Waals surface area contributed by atoms with Crippen molar-refractivity contribution in [3.05, 3.63) is 58.7 Å². The Morgan fingerprint density at radius 2 is 1.81 bits per heavy atom. The van der Waals surface area contributed by atoms with Gasteiger partial charge in [0, 0.05) is 18.7 Å². The highest BCUT2D eigenvalue weighted by molar-refractivity contribution is 6.46. The topological polar surface area (TPSA) is 99.5 Å². The number of hydrogen-bond acceptors (Lipinski definition) is 7. The van der Waals surface area contributed by atoms with E-state index < -0.39 is 17.7 Å². The minimum atomic E-state index is -0.828. The van der Waals surface area contributed by atoms with Crippen molar-refractivity contribution in [3.63, 3.8) is 0 Å². The van der Waals surface area contributed by atoms with Crippen molar-refractivity contribution in [1.82, 2.24) is 9.80 Å². The number of likely N-dealkylation sites (tertiary alicyclic amines) is 1. The molecule has 1 aliphatic heterocycles. The number of carbonyl (C=O) groups excluding carboxylic acids is 2. The van der Waals surface area contributed by atoms with E-state index in [1.54, 1.807) is 37.3 Å². The molecular formula is C28H36N2O6. The summed E-state index contributed by atoms with van der Waals surface area (Å²) in [7, 11) is 3.76. The first-order valence-electron chi connectivity index (χ1n) is 12.3. The van der Waals surface area contributed by atoms with Crippen molar-refractivity contribution < 1.29 is 29.3 Å². The van der Waals surface area contributed by atoms with Gasteiger partial charge < -0.3 is 29.5 Å². The van der Waals surface area contributed by atoms with Crippen LogP contribution in [-0.2, 0) is 9.59 Å². The molecule has 8 nitrogen and oxygen atoms in total. The van der Waals surface area contributed by atoms with Gasteiger partial charge in [-0.25, -0.2) is 0 Å². The van der Waals surface area contributed by atoms with Crippen LogP contribution < -0.4 is 9.47 Å². The average molecular weight is 497 g/mol. The van der Waals surface area contributed by atoms with Crippen LogP contribution in [-0.4, -0.2) is 72.1 Å². The lowest BCUT2D eigenvalue weighted by molar-refractivity contribution is -0.140. The standard InChI is InChI=1S/C28H36N2O6/c1-6-8-15-36-22-12-10-20(16-18(22)3)26(32)24-25(19-9-11-21(31)23(17-19)35-7-2)30(14-13-29(4)5)28(34)27(24)33/h9-12,16-17,25,31-32H,6-8,13-15H2,1-5H3/b26-24+/t25-/m0/s1. The fourth-order valence-corrected chi connectivity index (χ4v) is 4.18. The smallest absolute Gasteiger partial charge is 0.295 e. The number of hydrogen-bond donors (Lipinski definition) is 2. The maximum atomic E-state index is 13.2. The van der Waals surface area contributed by atoms with E-state index in [1.165, 1.54) is 11.0 Å². The third kappa shape index (κ3) is 5.82. The Bertz CT molecular complexity index is 1140. The number of carbonyl (C=O) groups is 2. The molecule has 1 atom stereocenters. The van der Waals surface area contributed by atoms with E-state index in [-0.39, 0.29) is 29.4 Å². The second kappa shape index (κ2) is 11.9. The highest BCUT2D eigenvalue weighted by Gasteiger charge is 2.46. The zero-order valence-electron chi connectivity index (χ0n) is 21.7. The molecule has 2 aromatic rings. The molecule has 194 valence electrons. The van der Waals surface area contributed by atoms with Gasteiger partial charge in [-0.15, -0.1) is 0 Å².